The first-order valence-corrected chi connectivity index (χ1v) is 11.0. The molecule has 0 aliphatic rings. The van der Waals surface area contributed by atoms with Crippen LogP contribution < -0.4 is 4.74 Å². The molecule has 0 bridgehead atoms. The molecule has 2 aromatic carbocycles. The van der Waals surface area contributed by atoms with Crippen molar-refractivity contribution in [3.8, 4) is 33.7 Å². The number of fused-ring (bicyclic) bond motifs is 1. The van der Waals surface area contributed by atoms with Gasteiger partial charge in [-0.1, -0.05) is 5.16 Å². The number of carboxylic acids is 1. The molecule has 3 aromatic heterocycles. The third-order valence-electron chi connectivity index (χ3n) is 5.88. The fraction of sp³-hybridized carbons (Fsp3) is 0.115. The molecule has 0 aliphatic carbocycles. The Bertz CT molecular complexity index is 1700. The van der Waals surface area contributed by atoms with E-state index < -0.39 is 35.3 Å². The average molecular weight is 529 g/mol. The molecule has 0 spiro atoms. The van der Waals surface area contributed by atoms with Crippen LogP contribution in [0.1, 0.15) is 21.8 Å². The molecule has 0 radical (unpaired) electrons. The Hall–Kier alpha value is -4.74. The summed E-state index contributed by atoms with van der Waals surface area (Å²) in [6.07, 6.45) is -2.34. The Balaban J connectivity index is 1.83. The topological polar surface area (TPSA) is 90.4 Å². The lowest BCUT2D eigenvalue weighted by atomic mass is 10.0. The van der Waals surface area contributed by atoms with Gasteiger partial charge in [0.15, 0.2) is 5.75 Å². The van der Waals surface area contributed by atoms with Crippen LogP contribution in [0.5, 0.6) is 5.75 Å². The first-order chi connectivity index (χ1) is 17.9. The van der Waals surface area contributed by atoms with Crippen LogP contribution in [0.15, 0.2) is 59.4 Å². The Morgan fingerprint density at radius 1 is 1.05 bits per heavy atom. The summed E-state index contributed by atoms with van der Waals surface area (Å²) in [5.74, 6) is -3.51. The van der Waals surface area contributed by atoms with Gasteiger partial charge in [-0.15, -0.1) is 13.2 Å². The second kappa shape index (κ2) is 8.98. The fourth-order valence-electron chi connectivity index (χ4n) is 4.29. The number of carbonyl (C=O) groups is 1. The molecule has 7 nitrogen and oxygen atoms in total. The maximum Gasteiger partial charge on any atom is 0.573 e. The number of hydrogen-bond donors (Lipinski definition) is 1. The predicted octanol–water partition coefficient (Wildman–Crippen LogP) is 6.84. The Labute approximate surface area is 210 Å². The van der Waals surface area contributed by atoms with E-state index in [1.165, 1.54) is 23.0 Å². The molecule has 0 fully saturated rings. The van der Waals surface area contributed by atoms with Gasteiger partial charge in [-0.25, -0.2) is 13.6 Å². The van der Waals surface area contributed by atoms with E-state index in [1.54, 1.807) is 19.9 Å². The molecule has 38 heavy (non-hydrogen) atoms. The number of alkyl halides is 3. The number of pyridine rings is 1. The molecule has 0 atom stereocenters. The standard InChI is InChI=1S/C26H16F5N3O4/c1-12-23(13(2)38-33-12)15-7-21-24(32-10-15)18(17-5-4-16(27)9-19(17)28)11-34(21)20-6-3-14(25(35)36)8-22(20)37-26(29,30)31/h3-11H,1-2H3,(H,35,36). The van der Waals surface area contributed by atoms with Crippen molar-refractivity contribution in [3.63, 3.8) is 0 Å². The highest BCUT2D eigenvalue weighted by Gasteiger charge is 2.33. The maximum absolute atomic E-state index is 14.8. The van der Waals surface area contributed by atoms with Crippen LogP contribution in [0.3, 0.4) is 0 Å². The maximum atomic E-state index is 14.8. The normalized spacial score (nSPS) is 11.8. The van der Waals surface area contributed by atoms with Gasteiger partial charge >= 0.3 is 12.3 Å². The van der Waals surface area contributed by atoms with Crippen LogP contribution in [0, 0.1) is 25.5 Å². The van der Waals surface area contributed by atoms with E-state index in [9.17, 15) is 31.9 Å². The van der Waals surface area contributed by atoms with E-state index in [2.05, 4.69) is 14.9 Å². The molecule has 194 valence electrons. The van der Waals surface area contributed by atoms with E-state index in [0.717, 1.165) is 24.3 Å². The monoisotopic (exact) mass is 529 g/mol. The molecule has 1 N–H and O–H groups in total. The number of halogens is 5. The van der Waals surface area contributed by atoms with Gasteiger partial charge in [-0.05, 0) is 50.2 Å². The van der Waals surface area contributed by atoms with E-state index in [-0.39, 0.29) is 27.8 Å². The van der Waals surface area contributed by atoms with Crippen LogP contribution in [0.2, 0.25) is 0 Å². The molecule has 5 rings (SSSR count). The summed E-state index contributed by atoms with van der Waals surface area (Å²) in [7, 11) is 0. The second-order valence-corrected chi connectivity index (χ2v) is 8.36. The van der Waals surface area contributed by atoms with Crippen LogP contribution in [-0.2, 0) is 0 Å². The van der Waals surface area contributed by atoms with Crippen molar-refractivity contribution in [1.82, 2.24) is 14.7 Å². The van der Waals surface area contributed by atoms with Crippen LogP contribution >= 0.6 is 0 Å². The van der Waals surface area contributed by atoms with Crippen molar-refractivity contribution in [2.75, 3.05) is 0 Å². The molecule has 12 heteroatoms. The van der Waals surface area contributed by atoms with E-state index in [1.807, 2.05) is 0 Å². The van der Waals surface area contributed by atoms with Crippen molar-refractivity contribution in [2.24, 2.45) is 0 Å². The zero-order valence-electron chi connectivity index (χ0n) is 19.6. The van der Waals surface area contributed by atoms with Gasteiger partial charge in [0, 0.05) is 40.7 Å². The minimum atomic E-state index is -5.14. The van der Waals surface area contributed by atoms with Gasteiger partial charge in [0.05, 0.1) is 28.0 Å². The van der Waals surface area contributed by atoms with Crippen LogP contribution in [-0.4, -0.2) is 32.1 Å². The fourth-order valence-corrected chi connectivity index (χ4v) is 4.29. The van der Waals surface area contributed by atoms with Gasteiger partial charge < -0.3 is 18.9 Å². The van der Waals surface area contributed by atoms with Crippen molar-refractivity contribution in [1.29, 1.82) is 0 Å². The summed E-state index contributed by atoms with van der Waals surface area (Å²) in [5.41, 5.74) is 1.55. The summed E-state index contributed by atoms with van der Waals surface area (Å²) < 4.78 is 78.9. The summed E-state index contributed by atoms with van der Waals surface area (Å²) in [6, 6.07) is 7.49. The number of aryl methyl sites for hydroxylation is 2. The lowest BCUT2D eigenvalue weighted by Crippen LogP contribution is -2.18. The Morgan fingerprint density at radius 3 is 2.45 bits per heavy atom. The van der Waals surface area contributed by atoms with Crippen LogP contribution in [0.25, 0.3) is 39.0 Å². The van der Waals surface area contributed by atoms with Gasteiger partial charge in [0.2, 0.25) is 0 Å². The third-order valence-corrected chi connectivity index (χ3v) is 5.88. The SMILES string of the molecule is Cc1noc(C)c1-c1cnc2c(-c3ccc(F)cc3F)cn(-c3ccc(C(=O)O)cc3OC(F)(F)F)c2c1. The van der Waals surface area contributed by atoms with Crippen molar-refractivity contribution in [2.45, 2.75) is 20.2 Å². The molecule has 0 saturated heterocycles. The molecule has 0 saturated carbocycles. The van der Waals surface area contributed by atoms with Gasteiger partial charge in [0.25, 0.3) is 0 Å². The molecule has 3 heterocycles. The number of rotatable bonds is 5. The van der Waals surface area contributed by atoms with Gasteiger partial charge in [-0.3, -0.25) is 4.98 Å². The second-order valence-electron chi connectivity index (χ2n) is 8.36. The smallest absolute Gasteiger partial charge is 0.478 e. The highest BCUT2D eigenvalue weighted by Crippen LogP contribution is 2.39. The number of aromatic nitrogens is 3. The molecular formula is C26H16F5N3O4. The number of benzene rings is 2. The van der Waals surface area contributed by atoms with E-state index in [0.29, 0.717) is 28.6 Å². The number of ether oxygens (including phenoxy) is 1. The van der Waals surface area contributed by atoms with Gasteiger partial charge in [0.1, 0.15) is 17.4 Å². The summed E-state index contributed by atoms with van der Waals surface area (Å²) in [4.78, 5) is 15.9. The van der Waals surface area contributed by atoms with E-state index >= 15 is 0 Å². The minimum absolute atomic E-state index is 0.0480. The first-order valence-electron chi connectivity index (χ1n) is 11.0. The molecule has 0 unspecified atom stereocenters. The lowest BCUT2D eigenvalue weighted by Gasteiger charge is -2.15. The van der Waals surface area contributed by atoms with Crippen molar-refractivity contribution < 1.29 is 41.1 Å². The first kappa shape index (κ1) is 24.9. The Kier molecular flexibility index (Phi) is 5.89. The Morgan fingerprint density at radius 2 is 1.82 bits per heavy atom. The highest BCUT2D eigenvalue weighted by molar-refractivity contribution is 5.97. The third kappa shape index (κ3) is 4.44. The number of hydrogen-bond acceptors (Lipinski definition) is 5. The summed E-state index contributed by atoms with van der Waals surface area (Å²) in [6.45, 7) is 3.38. The zero-order valence-corrected chi connectivity index (χ0v) is 19.6. The largest absolute Gasteiger partial charge is 0.573 e. The minimum Gasteiger partial charge on any atom is -0.478 e. The molecular weight excluding hydrogens is 513 g/mol. The van der Waals surface area contributed by atoms with Crippen LogP contribution in [0.4, 0.5) is 22.0 Å². The zero-order chi connectivity index (χ0) is 27.4. The predicted molar refractivity (Wildman–Crippen MR) is 125 cm³/mol. The summed E-state index contributed by atoms with van der Waals surface area (Å²) in [5, 5.41) is 13.2. The quantitative estimate of drug-likeness (QED) is 0.251. The number of nitrogens with zero attached hydrogens (tertiary/aromatic N) is 3. The molecule has 0 amide bonds. The van der Waals surface area contributed by atoms with Gasteiger partial charge in [-0.2, -0.15) is 0 Å². The van der Waals surface area contributed by atoms with E-state index in [4.69, 9.17) is 4.52 Å². The van der Waals surface area contributed by atoms with Crippen molar-refractivity contribution in [3.05, 3.63) is 83.5 Å². The number of carboxylic acid groups (broad SMARTS) is 1. The van der Waals surface area contributed by atoms with Crippen molar-refractivity contribution >= 4 is 17.0 Å². The lowest BCUT2D eigenvalue weighted by molar-refractivity contribution is -0.274. The highest BCUT2D eigenvalue weighted by atomic mass is 19.4. The number of aromatic carboxylic acids is 1. The molecule has 5 aromatic rings. The summed E-state index contributed by atoms with van der Waals surface area (Å²) >= 11 is 0. The average Bonchev–Trinajstić information content (AvgIpc) is 3.37. The molecule has 0 aliphatic heterocycles.